The summed E-state index contributed by atoms with van der Waals surface area (Å²) in [6.45, 7) is 9.04. The van der Waals surface area contributed by atoms with Crippen LogP contribution in [-0.2, 0) is 12.0 Å². The van der Waals surface area contributed by atoms with Crippen LogP contribution in [-0.4, -0.2) is 20.7 Å². The first-order valence-corrected chi connectivity index (χ1v) is 10.8. The standard InChI is InChI=1S/C27H28N4O/c1-19-10-12-21(13-11-19)24-29-26(28-18-20-8-6-5-7-9-20)31(30-24)25(32)22-14-16-23(17-15-22)27(2,3)4/h5-17H,18H2,1-4H3,(H,28,29,30). The number of aromatic nitrogens is 3. The number of nitrogens with one attached hydrogen (secondary N) is 1. The first kappa shape index (κ1) is 21.5. The van der Waals surface area contributed by atoms with E-state index in [-0.39, 0.29) is 11.3 Å². The topological polar surface area (TPSA) is 59.8 Å². The quantitative estimate of drug-likeness (QED) is 0.436. The van der Waals surface area contributed by atoms with E-state index in [4.69, 9.17) is 0 Å². The number of anilines is 1. The third-order valence-corrected chi connectivity index (χ3v) is 5.40. The van der Waals surface area contributed by atoms with Gasteiger partial charge < -0.3 is 5.32 Å². The summed E-state index contributed by atoms with van der Waals surface area (Å²) in [5.74, 6) is 0.724. The van der Waals surface area contributed by atoms with Crippen molar-refractivity contribution in [1.29, 1.82) is 0 Å². The van der Waals surface area contributed by atoms with Gasteiger partial charge in [0, 0.05) is 17.7 Å². The Kier molecular flexibility index (Phi) is 5.91. The number of carbonyl (C=O) groups excluding carboxylic acids is 1. The van der Waals surface area contributed by atoms with Crippen molar-refractivity contribution in [3.63, 3.8) is 0 Å². The zero-order valence-corrected chi connectivity index (χ0v) is 19.0. The smallest absolute Gasteiger partial charge is 0.281 e. The molecule has 0 saturated heterocycles. The van der Waals surface area contributed by atoms with E-state index in [0.717, 1.165) is 16.7 Å². The monoisotopic (exact) mass is 424 g/mol. The summed E-state index contributed by atoms with van der Waals surface area (Å²) in [7, 11) is 0. The molecule has 3 aromatic carbocycles. The number of benzene rings is 3. The van der Waals surface area contributed by atoms with Crippen molar-refractivity contribution in [2.24, 2.45) is 0 Å². The van der Waals surface area contributed by atoms with Gasteiger partial charge in [-0.3, -0.25) is 4.79 Å². The van der Waals surface area contributed by atoms with Gasteiger partial charge in [-0.05, 0) is 35.6 Å². The van der Waals surface area contributed by atoms with E-state index >= 15 is 0 Å². The Hall–Kier alpha value is -3.73. The van der Waals surface area contributed by atoms with Crippen molar-refractivity contribution in [2.75, 3.05) is 5.32 Å². The highest BCUT2D eigenvalue weighted by Gasteiger charge is 2.20. The Morgan fingerprint density at radius 3 is 2.19 bits per heavy atom. The van der Waals surface area contributed by atoms with Gasteiger partial charge >= 0.3 is 0 Å². The molecular weight excluding hydrogens is 396 g/mol. The van der Waals surface area contributed by atoms with Gasteiger partial charge in [0.05, 0.1) is 0 Å². The van der Waals surface area contributed by atoms with Crippen LogP contribution in [0.25, 0.3) is 11.4 Å². The van der Waals surface area contributed by atoms with Gasteiger partial charge in [0.2, 0.25) is 5.95 Å². The number of aryl methyl sites for hydroxylation is 1. The summed E-state index contributed by atoms with van der Waals surface area (Å²) in [4.78, 5) is 18.0. The molecule has 162 valence electrons. The van der Waals surface area contributed by atoms with Crippen LogP contribution in [0.1, 0.15) is 47.8 Å². The molecule has 0 radical (unpaired) electrons. The molecule has 5 nitrogen and oxygen atoms in total. The van der Waals surface area contributed by atoms with E-state index in [1.807, 2.05) is 85.8 Å². The maximum absolute atomic E-state index is 13.4. The minimum absolute atomic E-state index is 0.0237. The van der Waals surface area contributed by atoms with Crippen LogP contribution >= 0.6 is 0 Å². The number of carbonyl (C=O) groups is 1. The van der Waals surface area contributed by atoms with Crippen LogP contribution in [0.15, 0.2) is 78.9 Å². The molecule has 0 unspecified atom stereocenters. The second-order valence-corrected chi connectivity index (χ2v) is 9.01. The van der Waals surface area contributed by atoms with Crippen LogP contribution < -0.4 is 5.32 Å². The summed E-state index contributed by atoms with van der Waals surface area (Å²) in [6.07, 6.45) is 0. The van der Waals surface area contributed by atoms with Gasteiger partial charge in [0.1, 0.15) is 0 Å². The van der Waals surface area contributed by atoms with Gasteiger partial charge in [-0.15, -0.1) is 5.10 Å². The third kappa shape index (κ3) is 4.78. The van der Waals surface area contributed by atoms with E-state index in [0.29, 0.717) is 23.9 Å². The Morgan fingerprint density at radius 1 is 0.906 bits per heavy atom. The Labute approximate surface area is 189 Å². The second-order valence-electron chi connectivity index (χ2n) is 9.01. The van der Waals surface area contributed by atoms with Gasteiger partial charge in [0.25, 0.3) is 5.91 Å². The van der Waals surface area contributed by atoms with Gasteiger partial charge in [-0.25, -0.2) is 0 Å². The molecule has 0 spiro atoms. The maximum Gasteiger partial charge on any atom is 0.281 e. The fourth-order valence-electron chi connectivity index (χ4n) is 3.41. The van der Waals surface area contributed by atoms with Crippen LogP contribution in [0.3, 0.4) is 0 Å². The molecule has 5 heteroatoms. The molecule has 1 N–H and O–H groups in total. The molecular formula is C27H28N4O. The van der Waals surface area contributed by atoms with Crippen LogP contribution in [0.4, 0.5) is 5.95 Å². The summed E-state index contributed by atoms with van der Waals surface area (Å²) in [5, 5.41) is 7.85. The highest BCUT2D eigenvalue weighted by molar-refractivity contribution is 5.97. The number of hydrogen-bond acceptors (Lipinski definition) is 4. The minimum Gasteiger partial charge on any atom is -0.350 e. The van der Waals surface area contributed by atoms with Crippen LogP contribution in [0.2, 0.25) is 0 Å². The van der Waals surface area contributed by atoms with Crippen molar-refractivity contribution >= 4 is 11.9 Å². The molecule has 1 heterocycles. The van der Waals surface area contributed by atoms with Crippen molar-refractivity contribution in [2.45, 2.75) is 39.7 Å². The van der Waals surface area contributed by atoms with Gasteiger partial charge in [-0.1, -0.05) is 93.1 Å². The second kappa shape index (κ2) is 8.79. The molecule has 4 aromatic rings. The van der Waals surface area contributed by atoms with Crippen molar-refractivity contribution in [3.05, 3.63) is 101 Å². The van der Waals surface area contributed by atoms with E-state index in [9.17, 15) is 4.79 Å². The predicted octanol–water partition coefficient (Wildman–Crippen LogP) is 5.85. The molecule has 0 saturated carbocycles. The minimum atomic E-state index is -0.216. The molecule has 1 aromatic heterocycles. The lowest BCUT2D eigenvalue weighted by Gasteiger charge is -2.19. The first-order valence-electron chi connectivity index (χ1n) is 10.8. The fraction of sp³-hybridized carbons (Fsp3) is 0.222. The Morgan fingerprint density at radius 2 is 1.56 bits per heavy atom. The average Bonchev–Trinajstić information content (AvgIpc) is 3.22. The van der Waals surface area contributed by atoms with Crippen molar-refractivity contribution in [1.82, 2.24) is 14.8 Å². The van der Waals surface area contributed by atoms with Crippen LogP contribution in [0.5, 0.6) is 0 Å². The lowest BCUT2D eigenvalue weighted by Crippen LogP contribution is -2.18. The number of rotatable bonds is 5. The zero-order valence-electron chi connectivity index (χ0n) is 19.0. The van der Waals surface area contributed by atoms with Gasteiger partial charge in [-0.2, -0.15) is 9.67 Å². The summed E-state index contributed by atoms with van der Waals surface area (Å²) in [5.41, 5.74) is 4.90. The normalized spacial score (nSPS) is 11.4. The molecule has 0 amide bonds. The molecule has 32 heavy (non-hydrogen) atoms. The SMILES string of the molecule is Cc1ccc(-c2nc(NCc3ccccc3)n(C(=O)c3ccc(C(C)(C)C)cc3)n2)cc1. The largest absolute Gasteiger partial charge is 0.350 e. The summed E-state index contributed by atoms with van der Waals surface area (Å²) in [6, 6.07) is 25.7. The first-order chi connectivity index (χ1) is 15.3. The highest BCUT2D eigenvalue weighted by atomic mass is 16.2. The molecule has 4 rings (SSSR count). The Bertz CT molecular complexity index is 1200. The highest BCUT2D eigenvalue weighted by Crippen LogP contribution is 2.24. The fourth-order valence-corrected chi connectivity index (χ4v) is 3.41. The zero-order chi connectivity index (χ0) is 22.7. The number of nitrogens with zero attached hydrogens (tertiary/aromatic N) is 3. The third-order valence-electron chi connectivity index (χ3n) is 5.40. The molecule has 0 atom stereocenters. The number of hydrogen-bond donors (Lipinski definition) is 1. The molecule has 0 aliphatic heterocycles. The van der Waals surface area contributed by atoms with Gasteiger partial charge in [0.15, 0.2) is 5.82 Å². The molecule has 0 aliphatic carbocycles. The molecule has 0 fully saturated rings. The van der Waals surface area contributed by atoms with E-state index in [1.54, 1.807) is 0 Å². The van der Waals surface area contributed by atoms with Crippen molar-refractivity contribution < 1.29 is 4.79 Å². The van der Waals surface area contributed by atoms with Crippen molar-refractivity contribution in [3.8, 4) is 11.4 Å². The van der Waals surface area contributed by atoms with E-state index in [2.05, 4.69) is 36.2 Å². The lowest BCUT2D eigenvalue weighted by molar-refractivity contribution is 0.0947. The summed E-state index contributed by atoms with van der Waals surface area (Å²) >= 11 is 0. The van der Waals surface area contributed by atoms with E-state index < -0.39 is 0 Å². The Balaban J connectivity index is 1.68. The average molecular weight is 425 g/mol. The summed E-state index contributed by atoms with van der Waals surface area (Å²) < 4.78 is 1.37. The molecule has 0 bridgehead atoms. The predicted molar refractivity (Wildman–Crippen MR) is 129 cm³/mol. The molecule has 0 aliphatic rings. The maximum atomic E-state index is 13.4. The lowest BCUT2D eigenvalue weighted by atomic mass is 9.87. The van der Waals surface area contributed by atoms with Crippen LogP contribution in [0, 0.1) is 6.92 Å². The van der Waals surface area contributed by atoms with E-state index in [1.165, 1.54) is 10.2 Å².